The predicted molar refractivity (Wildman–Crippen MR) is 82.7 cm³/mol. The van der Waals surface area contributed by atoms with E-state index in [0.29, 0.717) is 30.6 Å². The number of imide groups is 1. The molecule has 0 saturated carbocycles. The van der Waals surface area contributed by atoms with Crippen molar-refractivity contribution in [1.29, 1.82) is 0 Å². The highest BCUT2D eigenvalue weighted by atomic mass is 16.2. The fourth-order valence-electron chi connectivity index (χ4n) is 2.37. The molecule has 0 atom stereocenters. The van der Waals surface area contributed by atoms with Crippen LogP contribution < -0.4 is 10.6 Å². The zero-order chi connectivity index (χ0) is 16.8. The van der Waals surface area contributed by atoms with Crippen molar-refractivity contribution in [1.82, 2.24) is 15.5 Å². The van der Waals surface area contributed by atoms with Crippen molar-refractivity contribution in [3.8, 4) is 0 Å². The third-order valence-electron chi connectivity index (χ3n) is 3.48. The Morgan fingerprint density at radius 2 is 1.57 bits per heavy atom. The molecule has 0 bridgehead atoms. The van der Waals surface area contributed by atoms with Gasteiger partial charge in [-0.3, -0.25) is 24.1 Å². The predicted octanol–water partition coefficient (Wildman–Crippen LogP) is 0.315. The standard InChI is InChI=1S/C16H19N3O4/c1-11(20)17-8-9-18-14(21)7-4-10-19-15(22)12-5-2-3-6-13(12)16(19)23/h2-3,5-6H,4,7-10H2,1H3,(H,17,20)(H,18,21). The fourth-order valence-corrected chi connectivity index (χ4v) is 2.37. The van der Waals surface area contributed by atoms with Crippen LogP contribution in [0, 0.1) is 0 Å². The van der Waals surface area contributed by atoms with Gasteiger partial charge in [0.2, 0.25) is 11.8 Å². The fraction of sp³-hybridized carbons (Fsp3) is 0.375. The van der Waals surface area contributed by atoms with Crippen LogP contribution in [0.2, 0.25) is 0 Å². The van der Waals surface area contributed by atoms with Crippen molar-refractivity contribution < 1.29 is 19.2 Å². The molecule has 0 unspecified atom stereocenters. The van der Waals surface area contributed by atoms with Gasteiger partial charge in [-0.25, -0.2) is 0 Å². The van der Waals surface area contributed by atoms with E-state index in [4.69, 9.17) is 0 Å². The zero-order valence-electron chi connectivity index (χ0n) is 12.9. The van der Waals surface area contributed by atoms with E-state index >= 15 is 0 Å². The summed E-state index contributed by atoms with van der Waals surface area (Å²) in [5.41, 5.74) is 0.828. The second-order valence-corrected chi connectivity index (χ2v) is 5.24. The number of carbonyl (C=O) groups excluding carboxylic acids is 4. The minimum Gasteiger partial charge on any atom is -0.355 e. The van der Waals surface area contributed by atoms with Crippen molar-refractivity contribution in [3.63, 3.8) is 0 Å². The highest BCUT2D eigenvalue weighted by Crippen LogP contribution is 2.22. The normalized spacial score (nSPS) is 13.0. The maximum Gasteiger partial charge on any atom is 0.261 e. The van der Waals surface area contributed by atoms with E-state index in [9.17, 15) is 19.2 Å². The average Bonchev–Trinajstić information content (AvgIpc) is 2.77. The SMILES string of the molecule is CC(=O)NCCNC(=O)CCCN1C(=O)c2ccccc2C1=O. The molecule has 1 aromatic rings. The molecule has 1 heterocycles. The van der Waals surface area contributed by atoms with Gasteiger partial charge in [0.15, 0.2) is 0 Å². The van der Waals surface area contributed by atoms with Gasteiger partial charge in [0.25, 0.3) is 11.8 Å². The maximum absolute atomic E-state index is 12.1. The number of benzene rings is 1. The first-order chi connectivity index (χ1) is 11.0. The Hall–Kier alpha value is -2.70. The lowest BCUT2D eigenvalue weighted by Crippen LogP contribution is -2.34. The molecular weight excluding hydrogens is 298 g/mol. The molecule has 1 aliphatic heterocycles. The van der Waals surface area contributed by atoms with E-state index in [1.54, 1.807) is 24.3 Å². The summed E-state index contributed by atoms with van der Waals surface area (Å²) in [7, 11) is 0. The van der Waals surface area contributed by atoms with Crippen molar-refractivity contribution in [3.05, 3.63) is 35.4 Å². The Labute approximate surface area is 134 Å². The summed E-state index contributed by atoms with van der Waals surface area (Å²) in [4.78, 5) is 47.7. The third-order valence-corrected chi connectivity index (χ3v) is 3.48. The molecule has 0 fully saturated rings. The van der Waals surface area contributed by atoms with Gasteiger partial charge in [0.05, 0.1) is 11.1 Å². The van der Waals surface area contributed by atoms with E-state index in [-0.39, 0.29) is 36.6 Å². The number of carbonyl (C=O) groups is 4. The van der Waals surface area contributed by atoms with Crippen LogP contribution in [0.4, 0.5) is 0 Å². The molecular formula is C16H19N3O4. The van der Waals surface area contributed by atoms with Crippen LogP contribution in [0.3, 0.4) is 0 Å². The van der Waals surface area contributed by atoms with Gasteiger partial charge in [-0.1, -0.05) is 12.1 Å². The first-order valence-electron chi connectivity index (χ1n) is 7.47. The van der Waals surface area contributed by atoms with Crippen LogP contribution in [-0.4, -0.2) is 48.2 Å². The average molecular weight is 317 g/mol. The van der Waals surface area contributed by atoms with Gasteiger partial charge in [-0.05, 0) is 18.6 Å². The van der Waals surface area contributed by atoms with E-state index in [1.807, 2.05) is 0 Å². The molecule has 4 amide bonds. The number of nitrogens with one attached hydrogen (secondary N) is 2. The molecule has 1 aliphatic rings. The largest absolute Gasteiger partial charge is 0.355 e. The van der Waals surface area contributed by atoms with Crippen LogP contribution in [-0.2, 0) is 9.59 Å². The van der Waals surface area contributed by atoms with Crippen LogP contribution in [0.25, 0.3) is 0 Å². The molecule has 7 heteroatoms. The molecule has 122 valence electrons. The maximum atomic E-state index is 12.1. The summed E-state index contributed by atoms with van der Waals surface area (Å²) in [5, 5.41) is 5.23. The molecule has 0 aromatic heterocycles. The highest BCUT2D eigenvalue weighted by Gasteiger charge is 2.34. The molecule has 23 heavy (non-hydrogen) atoms. The van der Waals surface area contributed by atoms with Crippen molar-refractivity contribution in [2.24, 2.45) is 0 Å². The summed E-state index contributed by atoms with van der Waals surface area (Å²) in [5.74, 6) is -0.940. The van der Waals surface area contributed by atoms with Crippen molar-refractivity contribution in [2.75, 3.05) is 19.6 Å². The van der Waals surface area contributed by atoms with E-state index in [0.717, 1.165) is 0 Å². The molecule has 7 nitrogen and oxygen atoms in total. The summed E-state index contributed by atoms with van der Waals surface area (Å²) < 4.78 is 0. The summed E-state index contributed by atoms with van der Waals surface area (Å²) in [6.45, 7) is 2.35. The second-order valence-electron chi connectivity index (χ2n) is 5.24. The van der Waals surface area contributed by atoms with E-state index < -0.39 is 0 Å². The lowest BCUT2D eigenvalue weighted by Gasteiger charge is -2.13. The number of amides is 4. The Morgan fingerprint density at radius 3 is 2.13 bits per heavy atom. The van der Waals surface area contributed by atoms with Gasteiger partial charge in [0, 0.05) is 33.0 Å². The number of rotatable bonds is 7. The molecule has 2 N–H and O–H groups in total. The number of nitrogens with zero attached hydrogens (tertiary/aromatic N) is 1. The molecule has 2 rings (SSSR count). The Bertz CT molecular complexity index is 607. The molecule has 0 radical (unpaired) electrons. The van der Waals surface area contributed by atoms with Gasteiger partial charge in [0.1, 0.15) is 0 Å². The quantitative estimate of drug-likeness (QED) is 0.559. The minimum absolute atomic E-state index is 0.148. The number of hydrogen-bond acceptors (Lipinski definition) is 4. The van der Waals surface area contributed by atoms with Gasteiger partial charge in [-0.15, -0.1) is 0 Å². The Kier molecular flexibility index (Phi) is 5.46. The van der Waals surface area contributed by atoms with Crippen LogP contribution in [0.15, 0.2) is 24.3 Å². The first-order valence-corrected chi connectivity index (χ1v) is 7.47. The second kappa shape index (κ2) is 7.53. The zero-order valence-corrected chi connectivity index (χ0v) is 12.9. The summed E-state index contributed by atoms with van der Waals surface area (Å²) >= 11 is 0. The topological polar surface area (TPSA) is 95.6 Å². The van der Waals surface area contributed by atoms with Crippen LogP contribution in [0.1, 0.15) is 40.5 Å². The van der Waals surface area contributed by atoms with E-state index in [2.05, 4.69) is 10.6 Å². The molecule has 0 aliphatic carbocycles. The van der Waals surface area contributed by atoms with Crippen LogP contribution >= 0.6 is 0 Å². The lowest BCUT2D eigenvalue weighted by atomic mass is 10.1. The highest BCUT2D eigenvalue weighted by molar-refractivity contribution is 6.21. The first kappa shape index (κ1) is 16.7. The van der Waals surface area contributed by atoms with Gasteiger partial charge >= 0.3 is 0 Å². The number of fused-ring (bicyclic) bond motifs is 1. The van der Waals surface area contributed by atoms with Gasteiger partial charge in [-0.2, -0.15) is 0 Å². The van der Waals surface area contributed by atoms with Crippen molar-refractivity contribution in [2.45, 2.75) is 19.8 Å². The Morgan fingerprint density at radius 1 is 1.00 bits per heavy atom. The monoisotopic (exact) mass is 317 g/mol. The van der Waals surface area contributed by atoms with E-state index in [1.165, 1.54) is 11.8 Å². The Balaban J connectivity index is 1.73. The van der Waals surface area contributed by atoms with Gasteiger partial charge < -0.3 is 10.6 Å². The minimum atomic E-state index is -0.309. The van der Waals surface area contributed by atoms with Crippen LogP contribution in [0.5, 0.6) is 0 Å². The molecule has 1 aromatic carbocycles. The smallest absolute Gasteiger partial charge is 0.261 e. The molecule has 0 saturated heterocycles. The van der Waals surface area contributed by atoms with Crippen molar-refractivity contribution >= 4 is 23.6 Å². The molecule has 0 spiro atoms. The summed E-state index contributed by atoms with van der Waals surface area (Å²) in [6, 6.07) is 6.70. The lowest BCUT2D eigenvalue weighted by molar-refractivity contribution is -0.122. The number of hydrogen-bond donors (Lipinski definition) is 2. The summed E-state index contributed by atoms with van der Waals surface area (Å²) in [6.07, 6.45) is 0.616. The third kappa shape index (κ3) is 4.15.